The summed E-state index contributed by atoms with van der Waals surface area (Å²) in [6.07, 6.45) is 1.35. The standard InChI is InChI=1S/C23H27N3O5/c1-2-24(16-18-6-5-9-21-22(18)31-15-14-30-21)23(27)17-10-12-25(13-11-17)19-7-3-4-8-20(19)26(28)29/h3-9,17H,2,10-16H2,1H3. The van der Waals surface area contributed by atoms with Crippen molar-refractivity contribution in [3.63, 3.8) is 0 Å². The number of hydrogen-bond donors (Lipinski definition) is 0. The number of piperidine rings is 1. The highest BCUT2D eigenvalue weighted by molar-refractivity contribution is 5.79. The summed E-state index contributed by atoms with van der Waals surface area (Å²) in [4.78, 5) is 28.1. The maximum Gasteiger partial charge on any atom is 0.292 e. The molecular formula is C23H27N3O5. The fourth-order valence-corrected chi connectivity index (χ4v) is 4.32. The quantitative estimate of drug-likeness (QED) is 0.519. The predicted octanol–water partition coefficient (Wildman–Crippen LogP) is 3.63. The number of hydrogen-bond acceptors (Lipinski definition) is 6. The number of nitrogens with zero attached hydrogens (tertiary/aromatic N) is 3. The van der Waals surface area contributed by atoms with Crippen molar-refractivity contribution in [3.8, 4) is 11.5 Å². The molecule has 2 aromatic carbocycles. The first-order chi connectivity index (χ1) is 15.1. The lowest BCUT2D eigenvalue weighted by atomic mass is 9.94. The molecule has 2 heterocycles. The summed E-state index contributed by atoms with van der Waals surface area (Å²) in [5, 5.41) is 11.3. The molecule has 8 nitrogen and oxygen atoms in total. The summed E-state index contributed by atoms with van der Waals surface area (Å²) in [5.74, 6) is 1.49. The summed E-state index contributed by atoms with van der Waals surface area (Å²) in [5.41, 5.74) is 1.68. The zero-order chi connectivity index (χ0) is 21.8. The Morgan fingerprint density at radius 1 is 1.13 bits per heavy atom. The first-order valence-corrected chi connectivity index (χ1v) is 10.7. The van der Waals surface area contributed by atoms with Gasteiger partial charge in [0.2, 0.25) is 5.91 Å². The van der Waals surface area contributed by atoms with Gasteiger partial charge in [-0.05, 0) is 31.9 Å². The largest absolute Gasteiger partial charge is 0.486 e. The van der Waals surface area contributed by atoms with Crippen LogP contribution in [-0.4, -0.2) is 48.6 Å². The van der Waals surface area contributed by atoms with Crippen LogP contribution < -0.4 is 14.4 Å². The van der Waals surface area contributed by atoms with Gasteiger partial charge in [0.1, 0.15) is 18.9 Å². The van der Waals surface area contributed by atoms with Crippen LogP contribution in [-0.2, 0) is 11.3 Å². The molecule has 2 aliphatic rings. The average molecular weight is 425 g/mol. The maximum absolute atomic E-state index is 13.2. The summed E-state index contributed by atoms with van der Waals surface area (Å²) in [7, 11) is 0. The minimum Gasteiger partial charge on any atom is -0.486 e. The van der Waals surface area contributed by atoms with Crippen molar-refractivity contribution >= 4 is 17.3 Å². The van der Waals surface area contributed by atoms with E-state index in [-0.39, 0.29) is 22.4 Å². The fourth-order valence-electron chi connectivity index (χ4n) is 4.32. The van der Waals surface area contributed by atoms with Crippen LogP contribution in [0, 0.1) is 16.0 Å². The second-order valence-electron chi connectivity index (χ2n) is 7.80. The molecule has 2 aliphatic heterocycles. The number of nitro groups is 1. The lowest BCUT2D eigenvalue weighted by Gasteiger charge is -2.35. The van der Waals surface area contributed by atoms with Crippen LogP contribution in [0.15, 0.2) is 42.5 Å². The Kier molecular flexibility index (Phi) is 6.25. The van der Waals surface area contributed by atoms with E-state index in [0.717, 1.165) is 17.1 Å². The van der Waals surface area contributed by atoms with Gasteiger partial charge in [-0.25, -0.2) is 0 Å². The van der Waals surface area contributed by atoms with E-state index in [1.165, 1.54) is 6.07 Å². The molecule has 0 N–H and O–H groups in total. The molecule has 0 unspecified atom stereocenters. The zero-order valence-corrected chi connectivity index (χ0v) is 17.7. The number of fused-ring (bicyclic) bond motifs is 1. The van der Waals surface area contributed by atoms with Gasteiger partial charge in [0, 0.05) is 43.7 Å². The topological polar surface area (TPSA) is 85.2 Å². The van der Waals surface area contributed by atoms with Crippen LogP contribution in [0.5, 0.6) is 11.5 Å². The highest BCUT2D eigenvalue weighted by Gasteiger charge is 2.31. The van der Waals surface area contributed by atoms with Crippen LogP contribution >= 0.6 is 0 Å². The van der Waals surface area contributed by atoms with E-state index in [4.69, 9.17) is 9.47 Å². The van der Waals surface area contributed by atoms with Gasteiger partial charge < -0.3 is 19.3 Å². The van der Waals surface area contributed by atoms with Crippen LogP contribution in [0.3, 0.4) is 0 Å². The minimum absolute atomic E-state index is 0.0873. The van der Waals surface area contributed by atoms with Crippen molar-refractivity contribution in [2.45, 2.75) is 26.3 Å². The van der Waals surface area contributed by atoms with E-state index in [0.29, 0.717) is 57.9 Å². The van der Waals surface area contributed by atoms with Gasteiger partial charge in [0.25, 0.3) is 5.69 Å². The number of benzene rings is 2. The minimum atomic E-state index is -0.349. The van der Waals surface area contributed by atoms with E-state index in [2.05, 4.69) is 0 Å². The number of amides is 1. The third kappa shape index (κ3) is 4.42. The first kappa shape index (κ1) is 21.0. The Morgan fingerprint density at radius 2 is 1.87 bits per heavy atom. The smallest absolute Gasteiger partial charge is 0.292 e. The number of carbonyl (C=O) groups excluding carboxylic acids is 1. The molecule has 0 saturated carbocycles. The molecule has 1 amide bonds. The molecule has 4 rings (SSSR count). The van der Waals surface area contributed by atoms with Gasteiger partial charge in [-0.3, -0.25) is 14.9 Å². The Balaban J connectivity index is 1.42. The maximum atomic E-state index is 13.2. The highest BCUT2D eigenvalue weighted by Crippen LogP contribution is 2.35. The normalized spacial score (nSPS) is 16.1. The highest BCUT2D eigenvalue weighted by atomic mass is 16.6. The lowest BCUT2D eigenvalue weighted by Crippen LogP contribution is -2.42. The molecule has 0 aromatic heterocycles. The van der Waals surface area contributed by atoms with Crippen molar-refractivity contribution in [2.75, 3.05) is 37.7 Å². The number of rotatable bonds is 6. The molecule has 31 heavy (non-hydrogen) atoms. The lowest BCUT2D eigenvalue weighted by molar-refractivity contribution is -0.384. The fraction of sp³-hybridized carbons (Fsp3) is 0.435. The van der Waals surface area contributed by atoms with Crippen molar-refractivity contribution in [2.24, 2.45) is 5.92 Å². The van der Waals surface area contributed by atoms with E-state index >= 15 is 0 Å². The van der Waals surface area contributed by atoms with Gasteiger partial charge in [-0.2, -0.15) is 0 Å². The SMILES string of the molecule is CCN(Cc1cccc2c1OCCO2)C(=O)C1CCN(c2ccccc2[N+](=O)[O-])CC1. The number of ether oxygens (including phenoxy) is 2. The van der Waals surface area contributed by atoms with Gasteiger partial charge in [0.15, 0.2) is 11.5 Å². The molecule has 0 aliphatic carbocycles. The van der Waals surface area contributed by atoms with Gasteiger partial charge in [-0.1, -0.05) is 24.3 Å². The Labute approximate surface area is 181 Å². The molecule has 8 heteroatoms. The summed E-state index contributed by atoms with van der Waals surface area (Å²) < 4.78 is 11.4. The summed E-state index contributed by atoms with van der Waals surface area (Å²) in [6, 6.07) is 12.6. The molecule has 2 aromatic rings. The molecule has 0 radical (unpaired) electrons. The van der Waals surface area contributed by atoms with E-state index in [1.807, 2.05) is 41.0 Å². The summed E-state index contributed by atoms with van der Waals surface area (Å²) >= 11 is 0. The molecule has 164 valence electrons. The van der Waals surface area contributed by atoms with E-state index in [1.54, 1.807) is 12.1 Å². The number of nitro benzene ring substituents is 1. The average Bonchev–Trinajstić information content (AvgIpc) is 2.82. The van der Waals surface area contributed by atoms with Crippen LogP contribution in [0.1, 0.15) is 25.3 Å². The number of para-hydroxylation sites is 3. The summed E-state index contributed by atoms with van der Waals surface area (Å²) in [6.45, 7) is 5.35. The van der Waals surface area contributed by atoms with Gasteiger partial charge in [-0.15, -0.1) is 0 Å². The van der Waals surface area contributed by atoms with Crippen molar-refractivity contribution in [1.29, 1.82) is 0 Å². The number of anilines is 1. The second-order valence-corrected chi connectivity index (χ2v) is 7.80. The van der Waals surface area contributed by atoms with E-state index in [9.17, 15) is 14.9 Å². The molecular weight excluding hydrogens is 398 g/mol. The van der Waals surface area contributed by atoms with E-state index < -0.39 is 0 Å². The van der Waals surface area contributed by atoms with Gasteiger partial charge >= 0.3 is 0 Å². The van der Waals surface area contributed by atoms with Gasteiger partial charge in [0.05, 0.1) is 4.92 Å². The first-order valence-electron chi connectivity index (χ1n) is 10.7. The predicted molar refractivity (Wildman–Crippen MR) is 117 cm³/mol. The monoisotopic (exact) mass is 425 g/mol. The Hall–Kier alpha value is -3.29. The van der Waals surface area contributed by atoms with Crippen molar-refractivity contribution in [1.82, 2.24) is 4.90 Å². The van der Waals surface area contributed by atoms with Crippen molar-refractivity contribution in [3.05, 3.63) is 58.1 Å². The number of carbonyl (C=O) groups is 1. The third-order valence-electron chi connectivity index (χ3n) is 5.97. The van der Waals surface area contributed by atoms with Crippen LogP contribution in [0.2, 0.25) is 0 Å². The zero-order valence-electron chi connectivity index (χ0n) is 17.7. The van der Waals surface area contributed by atoms with Crippen LogP contribution in [0.4, 0.5) is 11.4 Å². The van der Waals surface area contributed by atoms with Crippen LogP contribution in [0.25, 0.3) is 0 Å². The Bertz CT molecular complexity index is 956. The van der Waals surface area contributed by atoms with Crippen molar-refractivity contribution < 1.29 is 19.2 Å². The molecule has 0 atom stereocenters. The molecule has 0 bridgehead atoms. The molecule has 1 fully saturated rings. The Morgan fingerprint density at radius 3 is 2.61 bits per heavy atom. The second kappa shape index (κ2) is 9.24. The molecule has 1 saturated heterocycles. The molecule has 0 spiro atoms. The third-order valence-corrected chi connectivity index (χ3v) is 5.97.